The summed E-state index contributed by atoms with van der Waals surface area (Å²) in [6.07, 6.45) is -5.63. The molecule has 0 aliphatic rings. The molecule has 0 saturated heterocycles. The fraction of sp³-hybridized carbons (Fsp3) is 0.333. The number of ether oxygens (including phenoxy) is 1. The number of methoxy groups -OCH3 is 1. The summed E-state index contributed by atoms with van der Waals surface area (Å²) < 4.78 is 55.1. The lowest BCUT2D eigenvalue weighted by Gasteiger charge is -2.25. The molecule has 1 aromatic rings. The number of carboxylic acid groups (broad SMARTS) is 1. The first-order chi connectivity index (χ1) is 9.95. The Kier molecular flexibility index (Phi) is 5.18. The number of nitrogens with one attached hydrogen (secondary N) is 1. The normalized spacial score (nSPS) is 14.3. The standard InChI is InChI=1S/C12H10BrF4NO4/c1-5-3-4-6(7(8(5)13)9(19)20)18-10(21)11(14,22-2)12(15,16)17/h3-4H,1-2H3,(H,18,21)(H,19,20)/t11-/m1/s1. The Morgan fingerprint density at radius 2 is 1.82 bits per heavy atom. The molecule has 0 heterocycles. The molecule has 0 aliphatic heterocycles. The Morgan fingerprint density at radius 3 is 2.23 bits per heavy atom. The van der Waals surface area contributed by atoms with E-state index in [2.05, 4.69) is 20.7 Å². The lowest BCUT2D eigenvalue weighted by atomic mass is 10.1. The molecule has 0 unspecified atom stereocenters. The average molecular weight is 388 g/mol. The van der Waals surface area contributed by atoms with Crippen molar-refractivity contribution in [1.82, 2.24) is 0 Å². The summed E-state index contributed by atoms with van der Waals surface area (Å²) in [5, 5.41) is 10.7. The molecule has 0 aliphatic carbocycles. The van der Waals surface area contributed by atoms with E-state index in [1.807, 2.05) is 0 Å². The Morgan fingerprint density at radius 1 is 1.27 bits per heavy atom. The van der Waals surface area contributed by atoms with E-state index < -0.39 is 35.2 Å². The molecule has 1 rings (SSSR count). The van der Waals surface area contributed by atoms with E-state index in [9.17, 15) is 27.2 Å². The van der Waals surface area contributed by atoms with Crippen LogP contribution in [0.5, 0.6) is 0 Å². The molecule has 22 heavy (non-hydrogen) atoms. The molecule has 0 bridgehead atoms. The number of hydrogen-bond donors (Lipinski definition) is 2. The summed E-state index contributed by atoms with van der Waals surface area (Å²) in [6, 6.07) is 2.39. The van der Waals surface area contributed by atoms with Gasteiger partial charge in [-0.1, -0.05) is 6.07 Å². The van der Waals surface area contributed by atoms with Crippen LogP contribution >= 0.6 is 15.9 Å². The van der Waals surface area contributed by atoms with Crippen molar-refractivity contribution >= 4 is 33.5 Å². The van der Waals surface area contributed by atoms with Gasteiger partial charge in [0.05, 0.1) is 11.3 Å². The van der Waals surface area contributed by atoms with Gasteiger partial charge in [-0.15, -0.1) is 0 Å². The second-order valence-corrected chi connectivity index (χ2v) is 4.97. The van der Waals surface area contributed by atoms with E-state index in [1.54, 1.807) is 5.32 Å². The summed E-state index contributed by atoms with van der Waals surface area (Å²) in [7, 11) is 0.371. The molecule has 0 spiro atoms. The van der Waals surface area contributed by atoms with Gasteiger partial charge in [0.15, 0.2) is 0 Å². The van der Waals surface area contributed by atoms with Crippen LogP contribution in [0.2, 0.25) is 0 Å². The number of carbonyl (C=O) groups excluding carboxylic acids is 1. The molecule has 0 fully saturated rings. The first-order valence-electron chi connectivity index (χ1n) is 5.60. The Hall–Kier alpha value is -1.68. The van der Waals surface area contributed by atoms with Crippen molar-refractivity contribution in [2.75, 3.05) is 12.4 Å². The molecule has 0 radical (unpaired) electrons. The van der Waals surface area contributed by atoms with E-state index >= 15 is 0 Å². The number of carboxylic acids is 1. The third-order valence-electron chi connectivity index (χ3n) is 2.74. The van der Waals surface area contributed by atoms with E-state index in [1.165, 1.54) is 13.0 Å². The fourth-order valence-electron chi connectivity index (χ4n) is 1.53. The molecule has 0 saturated carbocycles. The van der Waals surface area contributed by atoms with Crippen LogP contribution < -0.4 is 5.32 Å². The molecular formula is C12H10BrF4NO4. The number of rotatable bonds is 4. The van der Waals surface area contributed by atoms with E-state index in [0.29, 0.717) is 12.7 Å². The fourth-order valence-corrected chi connectivity index (χ4v) is 2.05. The van der Waals surface area contributed by atoms with Crippen LogP contribution in [0.25, 0.3) is 0 Å². The number of amides is 1. The first-order valence-corrected chi connectivity index (χ1v) is 6.39. The Balaban J connectivity index is 3.29. The average Bonchev–Trinajstić information content (AvgIpc) is 2.40. The maximum Gasteiger partial charge on any atom is 0.458 e. The van der Waals surface area contributed by atoms with Gasteiger partial charge in [0.2, 0.25) is 0 Å². The van der Waals surface area contributed by atoms with Crippen LogP contribution in [0.4, 0.5) is 23.2 Å². The molecule has 2 N–H and O–H groups in total. The topological polar surface area (TPSA) is 75.6 Å². The zero-order valence-corrected chi connectivity index (χ0v) is 12.8. The molecule has 1 atom stereocenters. The quantitative estimate of drug-likeness (QED) is 0.777. The van der Waals surface area contributed by atoms with Crippen molar-refractivity contribution in [1.29, 1.82) is 0 Å². The third-order valence-corrected chi connectivity index (χ3v) is 3.76. The summed E-state index contributed by atoms with van der Waals surface area (Å²) in [5.41, 5.74) is -0.545. The van der Waals surface area contributed by atoms with Gasteiger partial charge >= 0.3 is 18.0 Å². The van der Waals surface area contributed by atoms with Gasteiger partial charge in [0.1, 0.15) is 0 Å². The van der Waals surface area contributed by atoms with Gasteiger partial charge in [-0.2, -0.15) is 17.6 Å². The number of halogens is 5. The van der Waals surface area contributed by atoms with Crippen molar-refractivity contribution in [2.24, 2.45) is 0 Å². The van der Waals surface area contributed by atoms with Crippen LogP contribution in [0.1, 0.15) is 15.9 Å². The van der Waals surface area contributed by atoms with Crippen LogP contribution in [-0.4, -0.2) is 36.1 Å². The minimum absolute atomic E-state index is 0.0479. The first kappa shape index (κ1) is 18.4. The molecular weight excluding hydrogens is 378 g/mol. The lowest BCUT2D eigenvalue weighted by Crippen LogP contribution is -2.52. The smallest absolute Gasteiger partial charge is 0.458 e. The van der Waals surface area contributed by atoms with Gasteiger partial charge < -0.3 is 15.2 Å². The highest BCUT2D eigenvalue weighted by atomic mass is 79.9. The summed E-state index contributed by atoms with van der Waals surface area (Å²) in [5.74, 6) is -8.29. The monoisotopic (exact) mass is 387 g/mol. The van der Waals surface area contributed by atoms with Gasteiger partial charge in [0, 0.05) is 11.6 Å². The maximum atomic E-state index is 13.7. The van der Waals surface area contributed by atoms with Crippen molar-refractivity contribution in [3.8, 4) is 0 Å². The summed E-state index contributed by atoms with van der Waals surface area (Å²) in [4.78, 5) is 22.7. The number of hydrogen-bond acceptors (Lipinski definition) is 3. The number of aromatic carboxylic acids is 1. The Bertz CT molecular complexity index is 620. The highest BCUT2D eigenvalue weighted by molar-refractivity contribution is 9.10. The van der Waals surface area contributed by atoms with E-state index in [4.69, 9.17) is 5.11 Å². The molecule has 1 amide bonds. The van der Waals surface area contributed by atoms with E-state index in [0.717, 1.165) is 6.07 Å². The Labute approximate surface area is 130 Å². The number of benzene rings is 1. The van der Waals surface area contributed by atoms with Crippen molar-refractivity contribution in [3.63, 3.8) is 0 Å². The predicted octanol–water partition coefficient (Wildman–Crippen LogP) is 3.27. The minimum Gasteiger partial charge on any atom is -0.478 e. The summed E-state index contributed by atoms with van der Waals surface area (Å²) >= 11 is 2.95. The maximum absolute atomic E-state index is 13.7. The van der Waals surface area contributed by atoms with Crippen molar-refractivity contribution in [2.45, 2.75) is 19.0 Å². The zero-order valence-electron chi connectivity index (χ0n) is 11.2. The lowest BCUT2D eigenvalue weighted by molar-refractivity contribution is -0.305. The molecule has 10 heteroatoms. The summed E-state index contributed by atoms with van der Waals surface area (Å²) in [6.45, 7) is 1.53. The second kappa shape index (κ2) is 6.21. The van der Waals surface area contributed by atoms with Crippen LogP contribution in [-0.2, 0) is 9.53 Å². The second-order valence-electron chi connectivity index (χ2n) is 4.18. The molecule has 1 aromatic carbocycles. The van der Waals surface area contributed by atoms with Crippen molar-refractivity contribution < 1.29 is 37.0 Å². The molecule has 0 aromatic heterocycles. The van der Waals surface area contributed by atoms with Gasteiger partial charge in [0.25, 0.3) is 5.91 Å². The van der Waals surface area contributed by atoms with Crippen molar-refractivity contribution in [3.05, 3.63) is 27.7 Å². The minimum atomic E-state index is -5.63. The highest BCUT2D eigenvalue weighted by Gasteiger charge is 2.63. The number of anilines is 1. The van der Waals surface area contributed by atoms with Gasteiger partial charge in [-0.05, 0) is 34.5 Å². The number of alkyl halides is 4. The number of aryl methyl sites for hydroxylation is 1. The highest BCUT2D eigenvalue weighted by Crippen LogP contribution is 2.36. The van der Waals surface area contributed by atoms with Crippen LogP contribution in [0, 0.1) is 6.92 Å². The van der Waals surface area contributed by atoms with Gasteiger partial charge in [-0.25, -0.2) is 4.79 Å². The molecule has 122 valence electrons. The van der Waals surface area contributed by atoms with Crippen LogP contribution in [0.15, 0.2) is 16.6 Å². The zero-order chi connectivity index (χ0) is 17.3. The van der Waals surface area contributed by atoms with Crippen LogP contribution in [0.3, 0.4) is 0 Å². The largest absolute Gasteiger partial charge is 0.478 e. The SMILES string of the molecule is CO[C@](F)(C(=O)Nc1ccc(C)c(Br)c1C(=O)O)C(F)(F)F. The third kappa shape index (κ3) is 3.22. The van der Waals surface area contributed by atoms with E-state index in [-0.39, 0.29) is 4.47 Å². The number of carbonyl (C=O) groups is 2. The van der Waals surface area contributed by atoms with Gasteiger partial charge in [-0.3, -0.25) is 4.79 Å². The predicted molar refractivity (Wildman–Crippen MR) is 71.4 cm³/mol. The molecule has 5 nitrogen and oxygen atoms in total.